The summed E-state index contributed by atoms with van der Waals surface area (Å²) in [6.07, 6.45) is 3.61. The zero-order chi connectivity index (χ0) is 14.3. The van der Waals surface area contributed by atoms with Gasteiger partial charge in [-0.1, -0.05) is 62.9 Å². The molecule has 0 bridgehead atoms. The lowest BCUT2D eigenvalue weighted by molar-refractivity contribution is 0.404. The highest BCUT2D eigenvalue weighted by atomic mass is 35.5. The first-order valence-corrected chi connectivity index (χ1v) is 8.01. The minimum atomic E-state index is 0.501. The molecular formula is C16H25Cl2N. The van der Waals surface area contributed by atoms with Gasteiger partial charge in [0.05, 0.1) is 10.0 Å². The van der Waals surface area contributed by atoms with Gasteiger partial charge in [0, 0.05) is 6.54 Å². The van der Waals surface area contributed by atoms with Crippen LogP contribution >= 0.6 is 23.2 Å². The molecule has 0 aliphatic carbocycles. The van der Waals surface area contributed by atoms with Crippen LogP contribution in [0.25, 0.3) is 0 Å². The van der Waals surface area contributed by atoms with Crippen LogP contribution in [0, 0.1) is 5.92 Å². The van der Waals surface area contributed by atoms with E-state index in [-0.39, 0.29) is 0 Å². The van der Waals surface area contributed by atoms with Crippen molar-refractivity contribution in [2.45, 2.75) is 46.0 Å². The topological polar surface area (TPSA) is 12.0 Å². The Morgan fingerprint density at radius 1 is 1.11 bits per heavy atom. The predicted octanol–water partition coefficient (Wildman–Crippen LogP) is 5.51. The second-order valence-corrected chi connectivity index (χ2v) is 6.06. The van der Waals surface area contributed by atoms with Crippen LogP contribution in [0.3, 0.4) is 0 Å². The molecule has 0 aromatic heterocycles. The maximum Gasteiger partial charge on any atom is 0.0595 e. The van der Waals surface area contributed by atoms with E-state index in [2.05, 4.69) is 32.2 Å². The lowest BCUT2D eigenvalue weighted by atomic mass is 9.84. The highest BCUT2D eigenvalue weighted by Gasteiger charge is 2.19. The van der Waals surface area contributed by atoms with Crippen LogP contribution in [0.15, 0.2) is 18.2 Å². The van der Waals surface area contributed by atoms with Crippen LogP contribution < -0.4 is 5.32 Å². The van der Waals surface area contributed by atoms with Crippen molar-refractivity contribution in [2.24, 2.45) is 5.92 Å². The van der Waals surface area contributed by atoms with E-state index in [4.69, 9.17) is 23.2 Å². The van der Waals surface area contributed by atoms with E-state index >= 15 is 0 Å². The van der Waals surface area contributed by atoms with Crippen LogP contribution in [-0.4, -0.2) is 13.1 Å². The summed E-state index contributed by atoms with van der Waals surface area (Å²) < 4.78 is 0. The molecule has 0 heterocycles. The average molecular weight is 302 g/mol. The summed E-state index contributed by atoms with van der Waals surface area (Å²) in [4.78, 5) is 0. The van der Waals surface area contributed by atoms with Crippen molar-refractivity contribution < 1.29 is 0 Å². The summed E-state index contributed by atoms with van der Waals surface area (Å²) in [6.45, 7) is 8.83. The fourth-order valence-electron chi connectivity index (χ4n) is 2.48. The Hall–Kier alpha value is -0.240. The molecule has 0 saturated carbocycles. The van der Waals surface area contributed by atoms with Gasteiger partial charge in [-0.3, -0.25) is 0 Å². The number of halogens is 2. The molecule has 19 heavy (non-hydrogen) atoms. The summed E-state index contributed by atoms with van der Waals surface area (Å²) in [5.41, 5.74) is 1.29. The normalized spacial score (nSPS) is 14.4. The van der Waals surface area contributed by atoms with Gasteiger partial charge in [0.2, 0.25) is 0 Å². The summed E-state index contributed by atoms with van der Waals surface area (Å²) in [5, 5.41) is 4.82. The van der Waals surface area contributed by atoms with Gasteiger partial charge in [-0.25, -0.2) is 0 Å². The second-order valence-electron chi connectivity index (χ2n) is 5.25. The highest BCUT2D eigenvalue weighted by Crippen LogP contribution is 2.31. The molecule has 108 valence electrons. The van der Waals surface area contributed by atoms with E-state index < -0.39 is 0 Å². The molecule has 1 nitrogen and oxygen atoms in total. The monoisotopic (exact) mass is 301 g/mol. The van der Waals surface area contributed by atoms with Crippen molar-refractivity contribution in [3.05, 3.63) is 33.8 Å². The number of hydrogen-bond donors (Lipinski definition) is 1. The predicted molar refractivity (Wildman–Crippen MR) is 86.4 cm³/mol. The van der Waals surface area contributed by atoms with Crippen LogP contribution in [-0.2, 0) is 0 Å². The summed E-state index contributed by atoms with van der Waals surface area (Å²) >= 11 is 12.2. The van der Waals surface area contributed by atoms with Gasteiger partial charge in [-0.2, -0.15) is 0 Å². The van der Waals surface area contributed by atoms with Crippen LogP contribution in [0.4, 0.5) is 0 Å². The smallest absolute Gasteiger partial charge is 0.0595 e. The van der Waals surface area contributed by atoms with E-state index in [0.717, 1.165) is 19.5 Å². The van der Waals surface area contributed by atoms with Crippen LogP contribution in [0.2, 0.25) is 10.0 Å². The van der Waals surface area contributed by atoms with Crippen molar-refractivity contribution in [3.63, 3.8) is 0 Å². The number of benzene rings is 1. The zero-order valence-corrected chi connectivity index (χ0v) is 13.7. The lowest BCUT2D eigenvalue weighted by Gasteiger charge is -2.25. The van der Waals surface area contributed by atoms with E-state index in [1.54, 1.807) is 0 Å². The largest absolute Gasteiger partial charge is 0.316 e. The van der Waals surface area contributed by atoms with Crippen LogP contribution in [0.1, 0.15) is 51.5 Å². The molecule has 0 radical (unpaired) electrons. The van der Waals surface area contributed by atoms with Crippen molar-refractivity contribution >= 4 is 23.2 Å². The molecule has 2 unspecified atom stereocenters. The third kappa shape index (κ3) is 5.33. The summed E-state index contributed by atoms with van der Waals surface area (Å²) in [5.74, 6) is 1.15. The van der Waals surface area contributed by atoms with Crippen molar-refractivity contribution in [1.82, 2.24) is 5.32 Å². The summed E-state index contributed by atoms with van der Waals surface area (Å²) in [6, 6.07) is 6.04. The highest BCUT2D eigenvalue weighted by molar-refractivity contribution is 6.42. The standard InChI is InChI=1S/C16H25Cl2N/c1-4-6-12(3)14(11-19-9-5-2)13-7-8-15(17)16(18)10-13/h7-8,10,12,14,19H,4-6,9,11H2,1-3H3. The Bertz CT molecular complexity index is 379. The van der Waals surface area contributed by atoms with E-state index in [1.807, 2.05) is 12.1 Å². The fourth-order valence-corrected chi connectivity index (χ4v) is 2.79. The zero-order valence-electron chi connectivity index (χ0n) is 12.2. The quantitative estimate of drug-likeness (QED) is 0.624. The molecule has 0 fully saturated rings. The minimum Gasteiger partial charge on any atom is -0.316 e. The molecule has 3 heteroatoms. The molecule has 0 saturated heterocycles. The summed E-state index contributed by atoms with van der Waals surface area (Å²) in [7, 11) is 0. The van der Waals surface area contributed by atoms with Crippen molar-refractivity contribution in [1.29, 1.82) is 0 Å². The second kappa shape index (κ2) is 8.84. The van der Waals surface area contributed by atoms with Crippen molar-refractivity contribution in [3.8, 4) is 0 Å². The Morgan fingerprint density at radius 3 is 2.42 bits per heavy atom. The maximum absolute atomic E-state index is 6.15. The first-order valence-electron chi connectivity index (χ1n) is 7.25. The third-order valence-electron chi connectivity index (χ3n) is 3.59. The molecule has 0 aliphatic rings. The Kier molecular flexibility index (Phi) is 7.82. The fraction of sp³-hybridized carbons (Fsp3) is 0.625. The van der Waals surface area contributed by atoms with E-state index in [1.165, 1.54) is 18.4 Å². The van der Waals surface area contributed by atoms with Gasteiger partial charge in [-0.15, -0.1) is 0 Å². The number of rotatable bonds is 8. The molecule has 0 aliphatic heterocycles. The van der Waals surface area contributed by atoms with Gasteiger partial charge in [0.15, 0.2) is 0 Å². The first kappa shape index (κ1) is 16.8. The third-order valence-corrected chi connectivity index (χ3v) is 4.33. The molecule has 2 atom stereocenters. The Morgan fingerprint density at radius 2 is 1.84 bits per heavy atom. The first-order chi connectivity index (χ1) is 9.10. The molecular weight excluding hydrogens is 277 g/mol. The van der Waals surface area contributed by atoms with Gasteiger partial charge in [-0.05, 0) is 42.5 Å². The Labute approximate surface area is 127 Å². The molecule has 0 amide bonds. The van der Waals surface area contributed by atoms with Gasteiger partial charge in [0.25, 0.3) is 0 Å². The van der Waals surface area contributed by atoms with Gasteiger partial charge >= 0.3 is 0 Å². The molecule has 1 aromatic rings. The number of nitrogens with one attached hydrogen (secondary N) is 1. The van der Waals surface area contributed by atoms with Crippen LogP contribution in [0.5, 0.6) is 0 Å². The minimum absolute atomic E-state index is 0.501. The molecule has 1 N–H and O–H groups in total. The van der Waals surface area contributed by atoms with Crippen molar-refractivity contribution in [2.75, 3.05) is 13.1 Å². The molecule has 1 aromatic carbocycles. The van der Waals surface area contributed by atoms with E-state index in [0.29, 0.717) is 21.9 Å². The van der Waals surface area contributed by atoms with E-state index in [9.17, 15) is 0 Å². The van der Waals surface area contributed by atoms with Gasteiger partial charge in [0.1, 0.15) is 0 Å². The molecule has 1 rings (SSSR count). The Balaban J connectivity index is 2.83. The van der Waals surface area contributed by atoms with Gasteiger partial charge < -0.3 is 5.32 Å². The SMILES string of the molecule is CCCNCC(c1ccc(Cl)c(Cl)c1)C(C)CCC. The maximum atomic E-state index is 6.15. The number of hydrogen-bond acceptors (Lipinski definition) is 1. The molecule has 0 spiro atoms. The average Bonchev–Trinajstić information content (AvgIpc) is 2.38. The lowest BCUT2D eigenvalue weighted by Crippen LogP contribution is -2.26.